The molecule has 6 nitrogen and oxygen atoms in total. The van der Waals surface area contributed by atoms with Gasteiger partial charge in [0.1, 0.15) is 13.2 Å². The molecule has 6 heteroatoms. The van der Waals surface area contributed by atoms with Crippen molar-refractivity contribution in [1.29, 1.82) is 0 Å². The molecular formula is C73H142O6. The van der Waals surface area contributed by atoms with Gasteiger partial charge in [-0.2, -0.15) is 0 Å². The van der Waals surface area contributed by atoms with Crippen LogP contribution in [0.2, 0.25) is 0 Å². The van der Waals surface area contributed by atoms with Gasteiger partial charge in [0.2, 0.25) is 0 Å². The second kappa shape index (κ2) is 68.9. The van der Waals surface area contributed by atoms with E-state index in [1.54, 1.807) is 0 Å². The number of unbranched alkanes of at least 4 members (excludes halogenated alkanes) is 58. The minimum atomic E-state index is -0.764. The van der Waals surface area contributed by atoms with E-state index in [2.05, 4.69) is 20.8 Å². The SMILES string of the molecule is CCCCCCCCCCCCCCCCCCCCCCCCCCC(=O)OCC(COC(=O)CCCCCCCCCCCCCCCCC)OC(=O)CCCCCCCCCCCCCCCCCCCCCCCC. The highest BCUT2D eigenvalue weighted by atomic mass is 16.6. The Balaban J connectivity index is 4.22. The molecule has 0 aliphatic heterocycles. The molecule has 470 valence electrons. The van der Waals surface area contributed by atoms with Crippen molar-refractivity contribution in [2.24, 2.45) is 0 Å². The van der Waals surface area contributed by atoms with Crippen LogP contribution in [0.5, 0.6) is 0 Å². The van der Waals surface area contributed by atoms with Gasteiger partial charge in [-0.05, 0) is 19.3 Å². The van der Waals surface area contributed by atoms with Crippen LogP contribution < -0.4 is 0 Å². The number of hydrogen-bond acceptors (Lipinski definition) is 6. The first-order valence-corrected chi connectivity index (χ1v) is 36.5. The molecule has 0 fully saturated rings. The molecule has 1 unspecified atom stereocenters. The average Bonchev–Trinajstić information content (AvgIpc) is 3.45. The van der Waals surface area contributed by atoms with Crippen molar-refractivity contribution in [3.63, 3.8) is 0 Å². The van der Waals surface area contributed by atoms with E-state index in [9.17, 15) is 14.4 Å². The fourth-order valence-corrected chi connectivity index (χ4v) is 11.6. The second-order valence-electron chi connectivity index (χ2n) is 25.2. The second-order valence-corrected chi connectivity index (χ2v) is 25.2. The van der Waals surface area contributed by atoms with Crippen molar-refractivity contribution in [1.82, 2.24) is 0 Å². The topological polar surface area (TPSA) is 78.9 Å². The van der Waals surface area contributed by atoms with Crippen molar-refractivity contribution in [2.75, 3.05) is 13.2 Å². The zero-order chi connectivity index (χ0) is 57.1. The van der Waals surface area contributed by atoms with Crippen LogP contribution in [-0.4, -0.2) is 37.2 Å². The third-order valence-electron chi connectivity index (χ3n) is 17.1. The number of rotatable bonds is 69. The van der Waals surface area contributed by atoms with Gasteiger partial charge in [0, 0.05) is 19.3 Å². The lowest BCUT2D eigenvalue weighted by molar-refractivity contribution is -0.167. The fraction of sp³-hybridized carbons (Fsp3) is 0.959. The van der Waals surface area contributed by atoms with Crippen molar-refractivity contribution in [3.8, 4) is 0 Å². The monoisotopic (exact) mass is 1120 g/mol. The molecule has 0 amide bonds. The molecule has 0 spiro atoms. The Bertz CT molecular complexity index is 1190. The molecule has 0 aliphatic carbocycles. The number of carbonyl (C=O) groups excluding carboxylic acids is 3. The van der Waals surface area contributed by atoms with Crippen LogP contribution in [-0.2, 0) is 28.6 Å². The summed E-state index contributed by atoms with van der Waals surface area (Å²) in [6.07, 6.45) is 81.4. The van der Waals surface area contributed by atoms with Crippen LogP contribution in [0, 0.1) is 0 Å². The van der Waals surface area contributed by atoms with Crippen LogP contribution >= 0.6 is 0 Å². The largest absolute Gasteiger partial charge is 0.462 e. The molecule has 0 aliphatic rings. The Morgan fingerprint density at radius 3 is 0.506 bits per heavy atom. The van der Waals surface area contributed by atoms with Crippen molar-refractivity contribution in [2.45, 2.75) is 438 Å². The number of esters is 3. The highest BCUT2D eigenvalue weighted by Gasteiger charge is 2.20. The summed E-state index contributed by atoms with van der Waals surface area (Å²) in [6.45, 7) is 6.75. The first-order chi connectivity index (χ1) is 39.0. The molecule has 0 saturated heterocycles. The van der Waals surface area contributed by atoms with E-state index in [1.807, 2.05) is 0 Å². The minimum absolute atomic E-state index is 0.0600. The number of carbonyl (C=O) groups is 3. The minimum Gasteiger partial charge on any atom is -0.462 e. The zero-order valence-corrected chi connectivity index (χ0v) is 54.2. The van der Waals surface area contributed by atoms with Crippen LogP contribution in [0.1, 0.15) is 432 Å². The van der Waals surface area contributed by atoms with E-state index in [-0.39, 0.29) is 31.1 Å². The Labute approximate surface area is 495 Å². The first-order valence-electron chi connectivity index (χ1n) is 36.5. The van der Waals surface area contributed by atoms with Crippen LogP contribution in [0.3, 0.4) is 0 Å². The van der Waals surface area contributed by atoms with Crippen LogP contribution in [0.25, 0.3) is 0 Å². The summed E-state index contributed by atoms with van der Waals surface area (Å²) in [5.74, 6) is -0.817. The lowest BCUT2D eigenvalue weighted by Gasteiger charge is -2.18. The Kier molecular flexibility index (Phi) is 67.5. The summed E-state index contributed by atoms with van der Waals surface area (Å²) < 4.78 is 17.0. The van der Waals surface area contributed by atoms with Gasteiger partial charge in [0.05, 0.1) is 0 Å². The van der Waals surface area contributed by atoms with Crippen LogP contribution in [0.4, 0.5) is 0 Å². The third-order valence-corrected chi connectivity index (χ3v) is 17.1. The van der Waals surface area contributed by atoms with E-state index in [0.29, 0.717) is 19.3 Å². The zero-order valence-electron chi connectivity index (χ0n) is 54.2. The fourth-order valence-electron chi connectivity index (χ4n) is 11.6. The maximum atomic E-state index is 13.0. The standard InChI is InChI=1S/C73H142O6/c1-4-7-10-13-16-19-22-25-28-30-32-34-36-37-39-40-42-45-48-51-54-57-60-63-66-72(75)78-69-70(68-77-71(74)65-62-59-56-53-50-47-44-27-24-21-18-15-12-9-6-3)79-73(76)67-64-61-58-55-52-49-46-43-41-38-35-33-31-29-26-23-20-17-14-11-8-5-2/h70H,4-69H2,1-3H3. The lowest BCUT2D eigenvalue weighted by Crippen LogP contribution is -2.30. The van der Waals surface area contributed by atoms with Gasteiger partial charge in [-0.15, -0.1) is 0 Å². The maximum absolute atomic E-state index is 13.0. The van der Waals surface area contributed by atoms with Crippen LogP contribution in [0.15, 0.2) is 0 Å². The molecule has 0 radical (unpaired) electrons. The molecular weight excluding hydrogens is 973 g/mol. The number of hydrogen-bond donors (Lipinski definition) is 0. The quantitative estimate of drug-likeness (QED) is 0.0343. The smallest absolute Gasteiger partial charge is 0.306 e. The van der Waals surface area contributed by atoms with Gasteiger partial charge >= 0.3 is 17.9 Å². The van der Waals surface area contributed by atoms with E-state index < -0.39 is 6.10 Å². The van der Waals surface area contributed by atoms with Crippen molar-refractivity contribution < 1.29 is 28.6 Å². The van der Waals surface area contributed by atoms with Gasteiger partial charge in [0.15, 0.2) is 6.10 Å². The van der Waals surface area contributed by atoms with Gasteiger partial charge in [-0.3, -0.25) is 14.4 Å². The Morgan fingerprint density at radius 1 is 0.203 bits per heavy atom. The number of ether oxygens (including phenoxy) is 3. The van der Waals surface area contributed by atoms with Gasteiger partial charge in [-0.25, -0.2) is 0 Å². The molecule has 0 aromatic heterocycles. The molecule has 1 atom stereocenters. The van der Waals surface area contributed by atoms with Crippen molar-refractivity contribution in [3.05, 3.63) is 0 Å². The Hall–Kier alpha value is -1.59. The average molecular weight is 1120 g/mol. The summed E-state index contributed by atoms with van der Waals surface area (Å²) in [6, 6.07) is 0. The highest BCUT2D eigenvalue weighted by molar-refractivity contribution is 5.71. The normalized spacial score (nSPS) is 11.9. The van der Waals surface area contributed by atoms with Gasteiger partial charge < -0.3 is 14.2 Å². The Morgan fingerprint density at radius 2 is 0.342 bits per heavy atom. The molecule has 0 saturated carbocycles. The summed E-state index contributed by atoms with van der Waals surface area (Å²) in [5.41, 5.74) is 0. The van der Waals surface area contributed by atoms with Crippen molar-refractivity contribution >= 4 is 17.9 Å². The van der Waals surface area contributed by atoms with E-state index >= 15 is 0 Å². The van der Waals surface area contributed by atoms with E-state index in [0.717, 1.165) is 57.8 Å². The maximum Gasteiger partial charge on any atom is 0.306 e. The first kappa shape index (κ1) is 77.4. The molecule has 79 heavy (non-hydrogen) atoms. The summed E-state index contributed by atoms with van der Waals surface area (Å²) in [4.78, 5) is 38.5. The van der Waals surface area contributed by atoms with Gasteiger partial charge in [0.25, 0.3) is 0 Å². The molecule has 0 aromatic rings. The van der Waals surface area contributed by atoms with E-state index in [4.69, 9.17) is 14.2 Å². The predicted octanol–water partition coefficient (Wildman–Crippen LogP) is 25.0. The van der Waals surface area contributed by atoms with E-state index in [1.165, 1.54) is 334 Å². The summed E-state index contributed by atoms with van der Waals surface area (Å²) >= 11 is 0. The summed E-state index contributed by atoms with van der Waals surface area (Å²) in [5, 5.41) is 0. The molecule has 0 heterocycles. The lowest BCUT2D eigenvalue weighted by atomic mass is 10.0. The molecule has 0 bridgehead atoms. The summed E-state index contributed by atoms with van der Waals surface area (Å²) in [7, 11) is 0. The predicted molar refractivity (Wildman–Crippen MR) is 344 cm³/mol. The molecule has 0 N–H and O–H groups in total. The van der Waals surface area contributed by atoms with Gasteiger partial charge in [-0.1, -0.05) is 393 Å². The highest BCUT2D eigenvalue weighted by Crippen LogP contribution is 2.20. The third kappa shape index (κ3) is 67.1. The molecule has 0 aromatic carbocycles. The molecule has 0 rings (SSSR count).